The summed E-state index contributed by atoms with van der Waals surface area (Å²) in [5.74, 6) is -0.428. The summed E-state index contributed by atoms with van der Waals surface area (Å²) in [6, 6.07) is 0.609. The van der Waals surface area contributed by atoms with Gasteiger partial charge >= 0.3 is 6.18 Å². The van der Waals surface area contributed by atoms with Gasteiger partial charge in [0.1, 0.15) is 12.2 Å². The lowest BCUT2D eigenvalue weighted by Gasteiger charge is -2.19. The summed E-state index contributed by atoms with van der Waals surface area (Å²) in [6.07, 6.45) is -7.15. The molecule has 0 fully saturated rings. The number of pyridine rings is 1. The number of hydrogen-bond donors (Lipinski definition) is 3. The van der Waals surface area contributed by atoms with Gasteiger partial charge in [0.15, 0.2) is 0 Å². The molecule has 0 aliphatic carbocycles. The highest BCUT2D eigenvalue weighted by molar-refractivity contribution is 6.31. The van der Waals surface area contributed by atoms with E-state index in [4.69, 9.17) is 11.6 Å². The standard InChI is InChI=1S/C11H12ClF3N2O3/c1-5(18)16-4-8(19)10(20)9-7(12)2-6(3-17-9)11(13,14)15/h2-3,8,10,19-20H,4H2,1H3,(H,16,18). The average Bonchev–Trinajstić information content (AvgIpc) is 2.33. The van der Waals surface area contributed by atoms with Gasteiger partial charge in [-0.25, -0.2) is 0 Å². The van der Waals surface area contributed by atoms with Crippen LogP contribution in [0.25, 0.3) is 0 Å². The van der Waals surface area contributed by atoms with Crippen LogP contribution in [-0.2, 0) is 11.0 Å². The highest BCUT2D eigenvalue weighted by atomic mass is 35.5. The van der Waals surface area contributed by atoms with Crippen molar-refractivity contribution in [2.75, 3.05) is 6.54 Å². The fraction of sp³-hybridized carbons (Fsp3) is 0.455. The van der Waals surface area contributed by atoms with Crippen LogP contribution < -0.4 is 5.32 Å². The first-order valence-corrected chi connectivity index (χ1v) is 5.84. The molecule has 1 aromatic rings. The molecule has 0 spiro atoms. The van der Waals surface area contributed by atoms with Gasteiger partial charge in [0.05, 0.1) is 16.3 Å². The zero-order valence-corrected chi connectivity index (χ0v) is 11.0. The number of aliphatic hydroxyl groups excluding tert-OH is 2. The molecular formula is C11H12ClF3N2O3. The van der Waals surface area contributed by atoms with Gasteiger partial charge < -0.3 is 15.5 Å². The highest BCUT2D eigenvalue weighted by Crippen LogP contribution is 2.32. The van der Waals surface area contributed by atoms with Crippen molar-refractivity contribution < 1.29 is 28.2 Å². The first-order chi connectivity index (χ1) is 9.12. The summed E-state index contributed by atoms with van der Waals surface area (Å²) < 4.78 is 37.2. The number of carbonyl (C=O) groups excluding carboxylic acids is 1. The molecule has 1 aromatic heterocycles. The molecule has 0 aliphatic heterocycles. The topological polar surface area (TPSA) is 82.5 Å². The van der Waals surface area contributed by atoms with Gasteiger partial charge in [0.25, 0.3) is 0 Å². The Morgan fingerprint density at radius 2 is 2.10 bits per heavy atom. The molecule has 0 saturated carbocycles. The summed E-state index contributed by atoms with van der Waals surface area (Å²) in [5, 5.41) is 21.2. The number of nitrogens with one attached hydrogen (secondary N) is 1. The van der Waals surface area contributed by atoms with Gasteiger partial charge in [-0.15, -0.1) is 0 Å². The number of hydrogen-bond acceptors (Lipinski definition) is 4. The normalized spacial score (nSPS) is 14.8. The molecule has 20 heavy (non-hydrogen) atoms. The van der Waals surface area contributed by atoms with E-state index in [0.717, 1.165) is 0 Å². The minimum Gasteiger partial charge on any atom is -0.388 e. The summed E-state index contributed by atoms with van der Waals surface area (Å²) in [5.41, 5.74) is -1.35. The molecule has 0 aromatic carbocycles. The van der Waals surface area contributed by atoms with Crippen LogP contribution in [0.2, 0.25) is 5.02 Å². The van der Waals surface area contributed by atoms with E-state index in [0.29, 0.717) is 12.3 Å². The van der Waals surface area contributed by atoms with E-state index in [9.17, 15) is 28.2 Å². The molecule has 3 N–H and O–H groups in total. The van der Waals surface area contributed by atoms with Gasteiger partial charge in [0, 0.05) is 19.7 Å². The van der Waals surface area contributed by atoms with Crippen LogP contribution >= 0.6 is 11.6 Å². The van der Waals surface area contributed by atoms with E-state index >= 15 is 0 Å². The monoisotopic (exact) mass is 312 g/mol. The summed E-state index contributed by atoms with van der Waals surface area (Å²) in [6.45, 7) is 0.929. The largest absolute Gasteiger partial charge is 0.417 e. The molecule has 1 heterocycles. The molecule has 112 valence electrons. The molecule has 0 radical (unpaired) electrons. The van der Waals surface area contributed by atoms with Crippen molar-refractivity contribution in [2.45, 2.75) is 25.3 Å². The Labute approximate surface area is 117 Å². The Hall–Kier alpha value is -1.38. The third kappa shape index (κ3) is 4.32. The smallest absolute Gasteiger partial charge is 0.388 e. The van der Waals surface area contributed by atoms with Crippen LogP contribution in [0.3, 0.4) is 0 Å². The number of rotatable bonds is 4. The van der Waals surface area contributed by atoms with Crippen LogP contribution in [0.1, 0.15) is 24.3 Å². The predicted molar refractivity (Wildman–Crippen MR) is 63.9 cm³/mol. The van der Waals surface area contributed by atoms with Crippen LogP contribution in [0, 0.1) is 0 Å². The predicted octanol–water partition coefficient (Wildman–Crippen LogP) is 1.28. The minimum atomic E-state index is -4.60. The first-order valence-electron chi connectivity index (χ1n) is 5.46. The Kier molecular flexibility index (Phi) is 5.32. The average molecular weight is 313 g/mol. The van der Waals surface area contributed by atoms with E-state index in [1.165, 1.54) is 6.92 Å². The van der Waals surface area contributed by atoms with Crippen molar-refractivity contribution in [3.8, 4) is 0 Å². The number of aromatic nitrogens is 1. The Bertz CT molecular complexity index is 496. The molecule has 9 heteroatoms. The molecule has 1 amide bonds. The highest BCUT2D eigenvalue weighted by Gasteiger charge is 2.32. The van der Waals surface area contributed by atoms with Crippen molar-refractivity contribution in [3.05, 3.63) is 28.5 Å². The number of aliphatic hydroxyl groups is 2. The zero-order valence-electron chi connectivity index (χ0n) is 10.3. The number of halogens is 4. The van der Waals surface area contributed by atoms with Crippen molar-refractivity contribution in [1.29, 1.82) is 0 Å². The van der Waals surface area contributed by atoms with Gasteiger partial charge in [-0.3, -0.25) is 9.78 Å². The fourth-order valence-electron chi connectivity index (χ4n) is 1.36. The summed E-state index contributed by atoms with van der Waals surface area (Å²) >= 11 is 5.62. The number of amides is 1. The quantitative estimate of drug-likeness (QED) is 0.782. The summed E-state index contributed by atoms with van der Waals surface area (Å²) in [7, 11) is 0. The lowest BCUT2D eigenvalue weighted by atomic mass is 10.1. The van der Waals surface area contributed by atoms with Gasteiger partial charge in [-0.05, 0) is 6.07 Å². The van der Waals surface area contributed by atoms with E-state index in [1.807, 2.05) is 0 Å². The fourth-order valence-corrected chi connectivity index (χ4v) is 1.64. The van der Waals surface area contributed by atoms with Gasteiger partial charge in [-0.2, -0.15) is 13.2 Å². The number of nitrogens with zero attached hydrogens (tertiary/aromatic N) is 1. The number of alkyl halides is 3. The van der Waals surface area contributed by atoms with Gasteiger partial charge in [-0.1, -0.05) is 11.6 Å². The molecule has 2 atom stereocenters. The maximum Gasteiger partial charge on any atom is 0.417 e. The van der Waals surface area contributed by atoms with Crippen LogP contribution in [-0.4, -0.2) is 33.8 Å². The second-order valence-corrected chi connectivity index (χ2v) is 4.45. The molecule has 0 aliphatic rings. The lowest BCUT2D eigenvalue weighted by molar-refractivity contribution is -0.137. The SMILES string of the molecule is CC(=O)NCC(O)C(O)c1ncc(C(F)(F)F)cc1Cl. The van der Waals surface area contributed by atoms with Crippen molar-refractivity contribution in [2.24, 2.45) is 0 Å². The van der Waals surface area contributed by atoms with Crippen LogP contribution in [0.15, 0.2) is 12.3 Å². The van der Waals surface area contributed by atoms with Crippen LogP contribution in [0.5, 0.6) is 0 Å². The first kappa shape index (κ1) is 16.7. The van der Waals surface area contributed by atoms with Crippen molar-refractivity contribution in [1.82, 2.24) is 10.3 Å². The second kappa shape index (κ2) is 6.38. The maximum atomic E-state index is 12.4. The third-order valence-electron chi connectivity index (χ3n) is 2.40. The molecule has 1 rings (SSSR count). The van der Waals surface area contributed by atoms with Gasteiger partial charge in [0.2, 0.25) is 5.91 Å². The zero-order chi connectivity index (χ0) is 15.5. The Balaban J connectivity index is 2.88. The maximum absolute atomic E-state index is 12.4. The molecular weight excluding hydrogens is 301 g/mol. The Morgan fingerprint density at radius 3 is 2.55 bits per heavy atom. The molecule has 2 unspecified atom stereocenters. The second-order valence-electron chi connectivity index (χ2n) is 4.04. The Morgan fingerprint density at radius 1 is 1.50 bits per heavy atom. The van der Waals surface area contributed by atoms with Crippen LogP contribution in [0.4, 0.5) is 13.2 Å². The molecule has 5 nitrogen and oxygen atoms in total. The minimum absolute atomic E-state index is 0.282. The molecule has 0 saturated heterocycles. The van der Waals surface area contributed by atoms with Crippen molar-refractivity contribution in [3.63, 3.8) is 0 Å². The summed E-state index contributed by atoms with van der Waals surface area (Å²) in [4.78, 5) is 14.1. The van der Waals surface area contributed by atoms with E-state index in [-0.39, 0.29) is 12.2 Å². The third-order valence-corrected chi connectivity index (χ3v) is 2.70. The van der Waals surface area contributed by atoms with E-state index in [1.54, 1.807) is 0 Å². The van der Waals surface area contributed by atoms with Crippen molar-refractivity contribution >= 4 is 17.5 Å². The molecule has 0 bridgehead atoms. The van der Waals surface area contributed by atoms with E-state index in [2.05, 4.69) is 10.3 Å². The number of carbonyl (C=O) groups is 1. The lowest BCUT2D eigenvalue weighted by Crippen LogP contribution is -2.34. The van der Waals surface area contributed by atoms with E-state index < -0.39 is 34.9 Å².